The minimum Gasteiger partial charge on any atom is -0.390 e. The van der Waals surface area contributed by atoms with E-state index in [1.807, 2.05) is 0 Å². The van der Waals surface area contributed by atoms with E-state index < -0.39 is 55.9 Å². The minimum absolute atomic E-state index is 0.116. The van der Waals surface area contributed by atoms with Crippen molar-refractivity contribution in [3.63, 3.8) is 0 Å². The molecule has 0 radical (unpaired) electrons. The maximum absolute atomic E-state index is 13.3. The van der Waals surface area contributed by atoms with Gasteiger partial charge in [0.2, 0.25) is 5.82 Å². The second kappa shape index (κ2) is 11.2. The largest absolute Gasteiger partial charge is 0.412 e. The van der Waals surface area contributed by atoms with Crippen LogP contribution in [0.4, 0.5) is 30.3 Å². The number of terminal acetylenes is 1. The molecule has 0 amide bonds. The zero-order valence-corrected chi connectivity index (χ0v) is 12.8. The lowest BCUT2D eigenvalue weighted by atomic mass is 10.1. The SMILES string of the molecule is C#CCCOCC(O)Cc1c(F)c(F)c(F)c(F)c1F.OP(F)F. The molecule has 136 valence electrons. The number of rotatable bonds is 6. The third-order valence-corrected chi connectivity index (χ3v) is 2.44. The van der Waals surface area contributed by atoms with Gasteiger partial charge in [0.05, 0.1) is 19.3 Å². The Labute approximate surface area is 134 Å². The van der Waals surface area contributed by atoms with Gasteiger partial charge in [0, 0.05) is 18.4 Å². The highest BCUT2D eigenvalue weighted by Gasteiger charge is 2.26. The fourth-order valence-corrected chi connectivity index (χ4v) is 1.47. The van der Waals surface area contributed by atoms with Gasteiger partial charge in [-0.1, -0.05) is 0 Å². The first-order valence-corrected chi connectivity index (χ1v) is 7.21. The Bertz CT molecular complexity index is 546. The van der Waals surface area contributed by atoms with Crippen LogP contribution >= 0.6 is 8.77 Å². The van der Waals surface area contributed by atoms with Crippen molar-refractivity contribution in [3.8, 4) is 12.3 Å². The summed E-state index contributed by atoms with van der Waals surface area (Å²) in [6.07, 6.45) is 3.04. The van der Waals surface area contributed by atoms with Crippen LogP contribution in [0.3, 0.4) is 0 Å². The number of hydrogen-bond donors (Lipinski definition) is 2. The number of aliphatic hydroxyl groups is 1. The summed E-state index contributed by atoms with van der Waals surface area (Å²) >= 11 is 0. The maximum atomic E-state index is 13.3. The van der Waals surface area contributed by atoms with Crippen LogP contribution in [0.15, 0.2) is 0 Å². The number of benzene rings is 1. The Hall–Kier alpha value is -1.40. The van der Waals surface area contributed by atoms with E-state index in [-0.39, 0.29) is 19.6 Å². The Morgan fingerprint density at radius 3 is 1.83 bits per heavy atom. The van der Waals surface area contributed by atoms with Gasteiger partial charge in [0.25, 0.3) is 0 Å². The molecule has 0 heterocycles. The summed E-state index contributed by atoms with van der Waals surface area (Å²) < 4.78 is 90.0. The van der Waals surface area contributed by atoms with Crippen LogP contribution in [0, 0.1) is 41.4 Å². The quantitative estimate of drug-likeness (QED) is 0.199. The molecular formula is C13H12F7O3P. The molecule has 0 spiro atoms. The zero-order valence-electron chi connectivity index (χ0n) is 11.9. The monoisotopic (exact) mass is 380 g/mol. The molecule has 1 aromatic rings. The molecular weight excluding hydrogens is 368 g/mol. The highest BCUT2D eigenvalue weighted by atomic mass is 31.2. The molecule has 0 aromatic heterocycles. The molecule has 0 saturated carbocycles. The van der Waals surface area contributed by atoms with Crippen molar-refractivity contribution in [2.75, 3.05) is 13.2 Å². The Kier molecular flexibility index (Phi) is 10.6. The van der Waals surface area contributed by atoms with Gasteiger partial charge < -0.3 is 14.7 Å². The van der Waals surface area contributed by atoms with E-state index in [0.29, 0.717) is 0 Å². The molecule has 1 atom stereocenters. The molecule has 0 saturated heterocycles. The van der Waals surface area contributed by atoms with Crippen molar-refractivity contribution >= 4 is 8.77 Å². The molecule has 0 aliphatic heterocycles. The van der Waals surface area contributed by atoms with Gasteiger partial charge in [0.15, 0.2) is 23.3 Å². The first-order valence-electron chi connectivity index (χ1n) is 6.13. The topological polar surface area (TPSA) is 49.7 Å². The number of hydrogen-bond acceptors (Lipinski definition) is 3. The van der Waals surface area contributed by atoms with E-state index in [1.165, 1.54) is 0 Å². The predicted octanol–water partition coefficient (Wildman–Crippen LogP) is 3.47. The van der Waals surface area contributed by atoms with Crippen molar-refractivity contribution in [2.24, 2.45) is 0 Å². The molecule has 0 fully saturated rings. The minimum atomic E-state index is -3.62. The summed E-state index contributed by atoms with van der Waals surface area (Å²) in [4.78, 5) is 6.79. The Morgan fingerprint density at radius 1 is 1.00 bits per heavy atom. The van der Waals surface area contributed by atoms with Crippen LogP contribution in [0.25, 0.3) is 0 Å². The molecule has 2 N–H and O–H groups in total. The fourth-order valence-electron chi connectivity index (χ4n) is 1.47. The molecule has 1 rings (SSSR count). The first-order chi connectivity index (χ1) is 11.1. The molecule has 0 aliphatic carbocycles. The summed E-state index contributed by atoms with van der Waals surface area (Å²) in [6.45, 7) is -0.216. The molecule has 0 aliphatic rings. The average molecular weight is 380 g/mol. The molecule has 3 nitrogen and oxygen atoms in total. The van der Waals surface area contributed by atoms with Crippen molar-refractivity contribution in [1.82, 2.24) is 0 Å². The number of aliphatic hydroxyl groups excluding tert-OH is 1. The smallest absolute Gasteiger partial charge is 0.390 e. The van der Waals surface area contributed by atoms with Gasteiger partial charge in [-0.2, -0.15) is 8.39 Å². The van der Waals surface area contributed by atoms with Crippen LogP contribution in [0.5, 0.6) is 0 Å². The highest BCUT2D eigenvalue weighted by Crippen LogP contribution is 2.31. The lowest BCUT2D eigenvalue weighted by molar-refractivity contribution is 0.0385. The molecule has 11 heteroatoms. The summed E-state index contributed by atoms with van der Waals surface area (Å²) in [7, 11) is -3.62. The summed E-state index contributed by atoms with van der Waals surface area (Å²) in [5.74, 6) is -7.96. The van der Waals surface area contributed by atoms with Crippen molar-refractivity contribution in [3.05, 3.63) is 34.6 Å². The van der Waals surface area contributed by atoms with Crippen molar-refractivity contribution < 1.29 is 45.1 Å². The molecule has 1 aromatic carbocycles. The Morgan fingerprint density at radius 2 is 1.42 bits per heavy atom. The summed E-state index contributed by atoms with van der Waals surface area (Å²) in [5.41, 5.74) is -1.07. The van der Waals surface area contributed by atoms with Crippen molar-refractivity contribution in [2.45, 2.75) is 18.9 Å². The van der Waals surface area contributed by atoms with E-state index in [4.69, 9.17) is 16.1 Å². The lowest BCUT2D eigenvalue weighted by Gasteiger charge is -2.13. The first kappa shape index (κ1) is 22.6. The van der Waals surface area contributed by atoms with Gasteiger partial charge in [-0.3, -0.25) is 0 Å². The average Bonchev–Trinajstić information content (AvgIpc) is 2.51. The third kappa shape index (κ3) is 7.45. The molecule has 0 bridgehead atoms. The predicted molar refractivity (Wildman–Crippen MR) is 71.6 cm³/mol. The lowest BCUT2D eigenvalue weighted by Crippen LogP contribution is -2.21. The number of halogens is 7. The van der Waals surface area contributed by atoms with Crippen LogP contribution in [-0.4, -0.2) is 29.3 Å². The van der Waals surface area contributed by atoms with Gasteiger partial charge in [-0.05, 0) is 0 Å². The van der Waals surface area contributed by atoms with Gasteiger partial charge in [-0.25, -0.2) is 22.0 Å². The molecule has 1 unspecified atom stereocenters. The second-order valence-electron chi connectivity index (χ2n) is 4.15. The van der Waals surface area contributed by atoms with Crippen LogP contribution in [-0.2, 0) is 11.2 Å². The summed E-state index contributed by atoms with van der Waals surface area (Å²) in [5, 5.41) is 9.45. The van der Waals surface area contributed by atoms with Crippen LogP contribution in [0.2, 0.25) is 0 Å². The van der Waals surface area contributed by atoms with Crippen molar-refractivity contribution in [1.29, 1.82) is 0 Å². The summed E-state index contributed by atoms with van der Waals surface area (Å²) in [6, 6.07) is 0. The highest BCUT2D eigenvalue weighted by molar-refractivity contribution is 7.39. The second-order valence-corrected chi connectivity index (χ2v) is 4.58. The standard InChI is InChI=1S/C13H11F5O2.F2HOP/c1-2-3-4-20-6-7(19)5-8-9(14)11(16)13(18)12(17)10(8)15;1-4(2)3/h1,7,19H,3-6H2;3H. The zero-order chi connectivity index (χ0) is 18.9. The number of ether oxygens (including phenoxy) is 1. The van der Waals surface area contributed by atoms with E-state index >= 15 is 0 Å². The van der Waals surface area contributed by atoms with E-state index in [0.717, 1.165) is 0 Å². The maximum Gasteiger partial charge on any atom is 0.412 e. The van der Waals surface area contributed by atoms with Crippen LogP contribution in [0.1, 0.15) is 12.0 Å². The Balaban J connectivity index is 0.00000118. The van der Waals surface area contributed by atoms with Gasteiger partial charge >= 0.3 is 8.77 Å². The van der Waals surface area contributed by atoms with E-state index in [1.54, 1.807) is 0 Å². The fraction of sp³-hybridized carbons (Fsp3) is 0.385. The van der Waals surface area contributed by atoms with E-state index in [9.17, 15) is 35.5 Å². The third-order valence-electron chi connectivity index (χ3n) is 2.44. The van der Waals surface area contributed by atoms with Crippen LogP contribution < -0.4 is 0 Å². The van der Waals surface area contributed by atoms with E-state index in [2.05, 4.69) is 5.92 Å². The molecule has 24 heavy (non-hydrogen) atoms. The van der Waals surface area contributed by atoms with Gasteiger partial charge in [-0.15, -0.1) is 12.3 Å². The normalized spacial score (nSPS) is 11.7. The van der Waals surface area contributed by atoms with Gasteiger partial charge in [0.1, 0.15) is 0 Å².